The van der Waals surface area contributed by atoms with Crippen LogP contribution in [0.4, 0.5) is 5.69 Å². The standard InChI is InChI=1S/C22H31N5O2/c1-4-15-8-7-9-16(12-15)23-19(28)13-26-17-10-5-6-11-18(17)27-20(14(2)3)24-25-21(27)22(26)29/h7-9,12,14,17-18,21,25H,4-6,10-11,13H2,1-3H3,(H,23,28). The minimum Gasteiger partial charge on any atom is -0.325 e. The number of rotatable bonds is 5. The molecule has 156 valence electrons. The summed E-state index contributed by atoms with van der Waals surface area (Å²) in [6, 6.07) is 8.15. The summed E-state index contributed by atoms with van der Waals surface area (Å²) in [6.45, 7) is 6.38. The fraction of sp³-hybridized carbons (Fsp3) is 0.591. The van der Waals surface area contributed by atoms with Crippen molar-refractivity contribution in [2.24, 2.45) is 11.0 Å². The number of aryl methyl sites for hydroxylation is 1. The fourth-order valence-corrected chi connectivity index (χ4v) is 4.86. The average Bonchev–Trinajstić information content (AvgIpc) is 3.17. The maximum atomic E-state index is 13.3. The van der Waals surface area contributed by atoms with Crippen LogP contribution in [0.2, 0.25) is 0 Å². The van der Waals surface area contributed by atoms with Crippen molar-refractivity contribution in [2.75, 3.05) is 11.9 Å². The number of amidine groups is 1. The Hall–Kier alpha value is -2.57. The Morgan fingerprint density at radius 3 is 2.76 bits per heavy atom. The molecule has 2 aliphatic heterocycles. The highest BCUT2D eigenvalue weighted by molar-refractivity contribution is 5.98. The van der Waals surface area contributed by atoms with Crippen LogP contribution in [0.5, 0.6) is 0 Å². The van der Waals surface area contributed by atoms with Crippen LogP contribution in [0, 0.1) is 5.92 Å². The van der Waals surface area contributed by atoms with Crippen LogP contribution >= 0.6 is 0 Å². The molecule has 1 aliphatic carbocycles. The summed E-state index contributed by atoms with van der Waals surface area (Å²) >= 11 is 0. The highest BCUT2D eigenvalue weighted by atomic mass is 16.2. The predicted octanol–water partition coefficient (Wildman–Crippen LogP) is 2.54. The normalized spacial score (nSPS) is 26.0. The molecule has 3 atom stereocenters. The van der Waals surface area contributed by atoms with Gasteiger partial charge in [0.25, 0.3) is 5.91 Å². The second-order valence-corrected chi connectivity index (χ2v) is 8.55. The van der Waals surface area contributed by atoms with Gasteiger partial charge in [-0.2, -0.15) is 5.10 Å². The molecular weight excluding hydrogens is 366 g/mol. The van der Waals surface area contributed by atoms with E-state index >= 15 is 0 Å². The SMILES string of the molecule is CCc1cccc(NC(=O)CN2C(=O)C3NN=C(C(C)C)N3C3CCCCC32)c1. The Kier molecular flexibility index (Phi) is 5.48. The first kappa shape index (κ1) is 19.7. The summed E-state index contributed by atoms with van der Waals surface area (Å²) in [7, 11) is 0. The lowest BCUT2D eigenvalue weighted by atomic mass is 9.85. The second kappa shape index (κ2) is 8.05. The van der Waals surface area contributed by atoms with E-state index in [4.69, 9.17) is 0 Å². The van der Waals surface area contributed by atoms with Gasteiger partial charge in [0.2, 0.25) is 5.91 Å². The van der Waals surface area contributed by atoms with E-state index in [-0.39, 0.29) is 36.4 Å². The average molecular weight is 398 g/mol. The van der Waals surface area contributed by atoms with Gasteiger partial charge in [-0.25, -0.2) is 0 Å². The van der Waals surface area contributed by atoms with Crippen LogP contribution in [0.25, 0.3) is 0 Å². The van der Waals surface area contributed by atoms with E-state index in [0.717, 1.165) is 43.6 Å². The number of fused-ring (bicyclic) bond motifs is 3. The van der Waals surface area contributed by atoms with Crippen LogP contribution in [-0.4, -0.2) is 52.2 Å². The molecule has 1 aromatic carbocycles. The highest BCUT2D eigenvalue weighted by Crippen LogP contribution is 2.35. The minimum atomic E-state index is -0.483. The number of hydrogen-bond donors (Lipinski definition) is 2. The Balaban J connectivity index is 1.51. The lowest BCUT2D eigenvalue weighted by Crippen LogP contribution is -2.70. The molecule has 3 unspecified atom stereocenters. The Bertz CT molecular complexity index is 821. The number of anilines is 1. The largest absolute Gasteiger partial charge is 0.325 e. The molecule has 1 aromatic rings. The van der Waals surface area contributed by atoms with Crippen LogP contribution < -0.4 is 10.7 Å². The quantitative estimate of drug-likeness (QED) is 0.801. The number of piperazine rings is 1. The van der Waals surface area contributed by atoms with Gasteiger partial charge < -0.3 is 15.1 Å². The molecule has 4 rings (SSSR count). The maximum absolute atomic E-state index is 13.3. The van der Waals surface area contributed by atoms with Crippen molar-refractivity contribution < 1.29 is 9.59 Å². The van der Waals surface area contributed by atoms with Crippen LogP contribution in [0.1, 0.15) is 52.0 Å². The van der Waals surface area contributed by atoms with Crippen molar-refractivity contribution in [1.82, 2.24) is 15.2 Å². The fourth-order valence-electron chi connectivity index (χ4n) is 4.86. The zero-order valence-electron chi connectivity index (χ0n) is 17.5. The third-order valence-corrected chi connectivity index (χ3v) is 6.26. The highest BCUT2D eigenvalue weighted by Gasteiger charge is 2.51. The first-order valence-electron chi connectivity index (χ1n) is 10.8. The summed E-state index contributed by atoms with van der Waals surface area (Å²) in [5.74, 6) is 1.02. The predicted molar refractivity (Wildman–Crippen MR) is 113 cm³/mol. The minimum absolute atomic E-state index is 0.0509. The van der Waals surface area contributed by atoms with Crippen LogP contribution in [-0.2, 0) is 16.0 Å². The summed E-state index contributed by atoms with van der Waals surface area (Å²) in [6.07, 6.45) is 4.63. The second-order valence-electron chi connectivity index (χ2n) is 8.55. The maximum Gasteiger partial charge on any atom is 0.268 e. The number of hydrogen-bond acceptors (Lipinski definition) is 5. The molecule has 2 N–H and O–H groups in total. The molecule has 7 heteroatoms. The third kappa shape index (κ3) is 3.70. The van der Waals surface area contributed by atoms with E-state index < -0.39 is 6.17 Å². The van der Waals surface area contributed by atoms with Gasteiger partial charge >= 0.3 is 0 Å². The lowest BCUT2D eigenvalue weighted by Gasteiger charge is -2.51. The van der Waals surface area contributed by atoms with Gasteiger partial charge in [-0.15, -0.1) is 0 Å². The molecule has 2 heterocycles. The van der Waals surface area contributed by atoms with Gasteiger partial charge in [0, 0.05) is 11.6 Å². The Labute approximate surface area is 172 Å². The molecule has 1 saturated heterocycles. The van der Waals surface area contributed by atoms with Gasteiger partial charge in [-0.1, -0.05) is 45.7 Å². The van der Waals surface area contributed by atoms with Gasteiger partial charge in [-0.05, 0) is 37.0 Å². The van der Waals surface area contributed by atoms with Gasteiger partial charge in [0.05, 0.1) is 12.1 Å². The van der Waals surface area contributed by atoms with Crippen molar-refractivity contribution in [3.8, 4) is 0 Å². The van der Waals surface area contributed by atoms with Gasteiger partial charge in [0.1, 0.15) is 12.4 Å². The van der Waals surface area contributed by atoms with Gasteiger partial charge in [0.15, 0.2) is 6.17 Å². The van der Waals surface area contributed by atoms with E-state index in [0.29, 0.717) is 0 Å². The van der Waals surface area contributed by atoms with Crippen molar-refractivity contribution in [3.63, 3.8) is 0 Å². The van der Waals surface area contributed by atoms with E-state index in [9.17, 15) is 9.59 Å². The molecule has 0 radical (unpaired) electrons. The van der Waals surface area contributed by atoms with E-state index in [1.807, 2.05) is 24.3 Å². The van der Waals surface area contributed by atoms with Crippen molar-refractivity contribution in [2.45, 2.75) is 71.1 Å². The topological polar surface area (TPSA) is 77.0 Å². The first-order valence-corrected chi connectivity index (χ1v) is 10.8. The van der Waals surface area contributed by atoms with Gasteiger partial charge in [-0.3, -0.25) is 15.0 Å². The molecule has 0 aromatic heterocycles. The van der Waals surface area contributed by atoms with Crippen LogP contribution in [0.15, 0.2) is 29.4 Å². The smallest absolute Gasteiger partial charge is 0.268 e. The third-order valence-electron chi connectivity index (χ3n) is 6.26. The van der Waals surface area contributed by atoms with Crippen LogP contribution in [0.3, 0.4) is 0 Å². The lowest BCUT2D eigenvalue weighted by molar-refractivity contribution is -0.151. The Morgan fingerprint density at radius 1 is 1.28 bits per heavy atom. The van der Waals surface area contributed by atoms with E-state index in [1.54, 1.807) is 4.90 Å². The molecule has 0 spiro atoms. The first-order chi connectivity index (χ1) is 14.0. The number of benzene rings is 1. The van der Waals surface area contributed by atoms with Crippen molar-refractivity contribution >= 4 is 23.3 Å². The number of amides is 2. The summed E-state index contributed by atoms with van der Waals surface area (Å²) in [5.41, 5.74) is 4.99. The van der Waals surface area contributed by atoms with Crippen molar-refractivity contribution in [1.29, 1.82) is 0 Å². The number of nitrogens with one attached hydrogen (secondary N) is 2. The molecule has 0 bridgehead atoms. The van der Waals surface area contributed by atoms with E-state index in [1.165, 1.54) is 5.56 Å². The number of carbonyl (C=O) groups is 2. The molecule has 2 fully saturated rings. The molecular formula is C22H31N5O2. The summed E-state index contributed by atoms with van der Waals surface area (Å²) < 4.78 is 0. The molecule has 29 heavy (non-hydrogen) atoms. The summed E-state index contributed by atoms with van der Waals surface area (Å²) in [5, 5.41) is 7.44. The molecule has 2 amide bonds. The van der Waals surface area contributed by atoms with E-state index in [2.05, 4.69) is 41.5 Å². The number of carbonyl (C=O) groups excluding carboxylic acids is 2. The molecule has 1 saturated carbocycles. The zero-order valence-corrected chi connectivity index (χ0v) is 17.5. The summed E-state index contributed by atoms with van der Waals surface area (Å²) in [4.78, 5) is 30.1. The monoisotopic (exact) mass is 397 g/mol. The Morgan fingerprint density at radius 2 is 2.03 bits per heavy atom. The molecule has 7 nitrogen and oxygen atoms in total. The molecule has 3 aliphatic rings. The number of nitrogens with zero attached hydrogens (tertiary/aromatic N) is 3. The van der Waals surface area contributed by atoms with Crippen molar-refractivity contribution in [3.05, 3.63) is 29.8 Å². The zero-order chi connectivity index (χ0) is 20.5. The number of hydrazone groups is 1.